The van der Waals surface area contributed by atoms with Crippen LogP contribution in [0.2, 0.25) is 0 Å². The first-order valence-corrected chi connectivity index (χ1v) is 16.6. The first kappa shape index (κ1) is 32.8. The van der Waals surface area contributed by atoms with E-state index in [1.807, 2.05) is 66.9 Å². The van der Waals surface area contributed by atoms with Gasteiger partial charge in [-0.05, 0) is 93.8 Å². The Hall–Kier alpha value is -6.12. The Morgan fingerprint density at radius 3 is 2.04 bits per heavy atom. The molecule has 0 saturated heterocycles. The van der Waals surface area contributed by atoms with Crippen molar-refractivity contribution in [3.63, 3.8) is 0 Å². The lowest BCUT2D eigenvalue weighted by molar-refractivity contribution is 1.39. The summed E-state index contributed by atoms with van der Waals surface area (Å²) < 4.78 is 0. The molecule has 0 aromatic heterocycles. The third-order valence-electron chi connectivity index (χ3n) is 8.79. The third-order valence-corrected chi connectivity index (χ3v) is 8.79. The second kappa shape index (κ2) is 15.6. The second-order valence-electron chi connectivity index (χ2n) is 12.0. The Morgan fingerprint density at radius 1 is 0.571 bits per heavy atom. The van der Waals surface area contributed by atoms with Crippen molar-refractivity contribution in [1.29, 1.82) is 0 Å². The minimum atomic E-state index is 0.737. The van der Waals surface area contributed by atoms with E-state index < -0.39 is 0 Å². The van der Waals surface area contributed by atoms with Gasteiger partial charge in [0, 0.05) is 23.7 Å². The van der Waals surface area contributed by atoms with Gasteiger partial charge in [-0.3, -0.25) is 9.98 Å². The predicted octanol–water partition coefficient (Wildman–Crippen LogP) is 12.6. The van der Waals surface area contributed by atoms with Crippen LogP contribution >= 0.6 is 0 Å². The van der Waals surface area contributed by atoms with Crippen LogP contribution in [0, 0.1) is 13.8 Å². The lowest BCUT2D eigenvalue weighted by atomic mass is 9.86. The summed E-state index contributed by atoms with van der Waals surface area (Å²) in [5.41, 5.74) is 13.6. The zero-order valence-electron chi connectivity index (χ0n) is 28.3. The number of aryl methyl sites for hydroxylation is 1. The van der Waals surface area contributed by atoms with E-state index in [-0.39, 0.29) is 0 Å². The molecule has 0 aliphatic carbocycles. The van der Waals surface area contributed by atoms with Crippen LogP contribution in [0.4, 0.5) is 0 Å². The van der Waals surface area contributed by atoms with E-state index in [0.717, 1.165) is 22.5 Å². The summed E-state index contributed by atoms with van der Waals surface area (Å²) in [7, 11) is 0. The molecule has 6 aromatic rings. The molecule has 0 spiro atoms. The monoisotopic (exact) mass is 632 g/mol. The molecule has 6 aromatic carbocycles. The Morgan fingerprint density at radius 2 is 1.22 bits per heavy atom. The Labute approximate surface area is 290 Å². The Bertz CT molecular complexity index is 2240. The summed E-state index contributed by atoms with van der Waals surface area (Å²) in [4.78, 5) is 9.26. The van der Waals surface area contributed by atoms with Crippen LogP contribution in [0.5, 0.6) is 0 Å². The van der Waals surface area contributed by atoms with E-state index in [1.165, 1.54) is 55.3 Å². The molecule has 2 nitrogen and oxygen atoms in total. The number of rotatable bonds is 10. The molecule has 0 saturated carbocycles. The number of aliphatic imine (C=N–C) groups is 2. The normalized spacial score (nSPS) is 12.3. The molecule has 0 heterocycles. The van der Waals surface area contributed by atoms with Crippen molar-refractivity contribution in [2.75, 3.05) is 0 Å². The SMILES string of the molecule is C=C(/N=C/C=C/C=C\C=C/N=C(\C)c1ccc(-c2ccccc2C)c(C)c1-c1ccc(-c2cccc3ccccc23)cc1)c1ccccc1. The number of benzene rings is 6. The highest BCUT2D eigenvalue weighted by molar-refractivity contribution is 6.07. The molecular formula is C47H40N2. The highest BCUT2D eigenvalue weighted by Gasteiger charge is 2.16. The molecule has 0 bridgehead atoms. The smallest absolute Gasteiger partial charge is 0.0630 e. The quantitative estimate of drug-likeness (QED) is 0.106. The highest BCUT2D eigenvalue weighted by Crippen LogP contribution is 2.38. The van der Waals surface area contributed by atoms with Gasteiger partial charge in [-0.1, -0.05) is 158 Å². The third kappa shape index (κ3) is 7.72. The lowest BCUT2D eigenvalue weighted by Crippen LogP contribution is -2.02. The number of fused-ring (bicyclic) bond motifs is 1. The molecule has 0 aliphatic rings. The maximum absolute atomic E-state index is 4.85. The van der Waals surface area contributed by atoms with E-state index >= 15 is 0 Å². The van der Waals surface area contributed by atoms with Crippen molar-refractivity contribution in [1.82, 2.24) is 0 Å². The Balaban J connectivity index is 1.27. The lowest BCUT2D eigenvalue weighted by Gasteiger charge is -2.18. The zero-order chi connectivity index (χ0) is 34.0. The van der Waals surface area contributed by atoms with Crippen molar-refractivity contribution in [3.05, 3.63) is 199 Å². The van der Waals surface area contributed by atoms with Crippen LogP contribution in [-0.2, 0) is 0 Å². The van der Waals surface area contributed by atoms with Crippen LogP contribution < -0.4 is 0 Å². The molecule has 0 radical (unpaired) electrons. The van der Waals surface area contributed by atoms with Crippen LogP contribution in [0.25, 0.3) is 49.9 Å². The molecule has 49 heavy (non-hydrogen) atoms. The summed E-state index contributed by atoms with van der Waals surface area (Å²) in [5.74, 6) is 0. The topological polar surface area (TPSA) is 24.7 Å². The second-order valence-corrected chi connectivity index (χ2v) is 12.0. The minimum absolute atomic E-state index is 0.737. The molecule has 0 amide bonds. The summed E-state index contributed by atoms with van der Waals surface area (Å²) >= 11 is 0. The molecule has 2 heteroatoms. The van der Waals surface area contributed by atoms with Gasteiger partial charge in [0.2, 0.25) is 0 Å². The van der Waals surface area contributed by atoms with E-state index in [4.69, 9.17) is 4.99 Å². The Kier molecular flexibility index (Phi) is 10.5. The van der Waals surface area contributed by atoms with Crippen LogP contribution in [0.1, 0.15) is 29.2 Å². The van der Waals surface area contributed by atoms with Gasteiger partial charge in [0.05, 0.1) is 5.70 Å². The summed E-state index contributed by atoms with van der Waals surface area (Å²) in [6.07, 6.45) is 13.3. The van der Waals surface area contributed by atoms with Crippen molar-refractivity contribution < 1.29 is 0 Å². The van der Waals surface area contributed by atoms with Gasteiger partial charge in [0.15, 0.2) is 0 Å². The molecule has 0 aliphatic heterocycles. The van der Waals surface area contributed by atoms with Crippen molar-refractivity contribution in [3.8, 4) is 33.4 Å². The largest absolute Gasteiger partial charge is 0.261 e. The van der Waals surface area contributed by atoms with Crippen LogP contribution in [0.15, 0.2) is 187 Å². The van der Waals surface area contributed by atoms with E-state index in [2.05, 4.69) is 135 Å². The number of allylic oxidation sites excluding steroid dienone is 5. The van der Waals surface area contributed by atoms with E-state index in [0.29, 0.717) is 0 Å². The van der Waals surface area contributed by atoms with Crippen molar-refractivity contribution in [2.24, 2.45) is 9.98 Å². The maximum Gasteiger partial charge on any atom is 0.0630 e. The van der Waals surface area contributed by atoms with Gasteiger partial charge in [0.25, 0.3) is 0 Å². The standard InChI is InChI=1S/C47H40N2/c1-34-18-11-13-23-42(34)43-30-31-44(37(4)49-33-16-7-5-6-15-32-48-36(3)38-19-9-8-10-20-38)47(35(43)2)41-28-26-40(27-29-41)46-25-17-22-39-21-12-14-24-45(39)46/h5-33H,3H2,1-2,4H3/b7-5-,15-6+,33-16-,48-32+,49-37+. The minimum Gasteiger partial charge on any atom is -0.261 e. The summed E-state index contributed by atoms with van der Waals surface area (Å²) in [5, 5.41) is 2.51. The number of hydrogen-bond acceptors (Lipinski definition) is 2. The first-order chi connectivity index (χ1) is 24.0. The number of nitrogens with zero attached hydrogens (tertiary/aromatic N) is 2. The number of hydrogen-bond donors (Lipinski definition) is 0. The molecule has 6 rings (SSSR count). The zero-order valence-corrected chi connectivity index (χ0v) is 28.3. The van der Waals surface area contributed by atoms with Gasteiger partial charge in [-0.15, -0.1) is 0 Å². The van der Waals surface area contributed by atoms with Gasteiger partial charge < -0.3 is 0 Å². The van der Waals surface area contributed by atoms with Gasteiger partial charge in [-0.2, -0.15) is 0 Å². The van der Waals surface area contributed by atoms with Gasteiger partial charge in [-0.25, -0.2) is 0 Å². The fourth-order valence-corrected chi connectivity index (χ4v) is 6.20. The average molecular weight is 633 g/mol. The van der Waals surface area contributed by atoms with E-state index in [1.54, 1.807) is 6.21 Å². The average Bonchev–Trinajstić information content (AvgIpc) is 3.14. The molecule has 0 atom stereocenters. The first-order valence-electron chi connectivity index (χ1n) is 16.6. The maximum atomic E-state index is 4.85. The molecule has 0 fully saturated rings. The summed E-state index contributed by atoms with van der Waals surface area (Å²) in [6, 6.07) is 47.1. The molecule has 0 N–H and O–H groups in total. The highest BCUT2D eigenvalue weighted by atomic mass is 14.7. The summed E-state index contributed by atoms with van der Waals surface area (Å²) in [6.45, 7) is 10.5. The predicted molar refractivity (Wildman–Crippen MR) is 213 cm³/mol. The van der Waals surface area contributed by atoms with Crippen molar-refractivity contribution >= 4 is 28.4 Å². The van der Waals surface area contributed by atoms with Crippen LogP contribution in [0.3, 0.4) is 0 Å². The fourth-order valence-electron chi connectivity index (χ4n) is 6.20. The molecule has 238 valence electrons. The fraction of sp³-hybridized carbons (Fsp3) is 0.0638. The van der Waals surface area contributed by atoms with Crippen LogP contribution in [-0.4, -0.2) is 11.9 Å². The van der Waals surface area contributed by atoms with Gasteiger partial charge in [0.1, 0.15) is 0 Å². The molecule has 0 unspecified atom stereocenters. The van der Waals surface area contributed by atoms with E-state index in [9.17, 15) is 0 Å². The van der Waals surface area contributed by atoms with Gasteiger partial charge >= 0.3 is 0 Å². The van der Waals surface area contributed by atoms with Crippen molar-refractivity contribution in [2.45, 2.75) is 20.8 Å². The molecular weight excluding hydrogens is 593 g/mol.